The lowest BCUT2D eigenvalue weighted by atomic mass is 10.1. The third-order valence-corrected chi connectivity index (χ3v) is 3.21. The monoisotopic (exact) mass is 265 g/mol. The van der Waals surface area contributed by atoms with Gasteiger partial charge in [-0.25, -0.2) is 4.39 Å². The number of benzene rings is 1. The minimum atomic E-state index is -0.216. The van der Waals surface area contributed by atoms with Crippen molar-refractivity contribution in [3.8, 4) is 0 Å². The van der Waals surface area contributed by atoms with E-state index in [1.165, 1.54) is 6.07 Å². The van der Waals surface area contributed by atoms with E-state index in [9.17, 15) is 4.39 Å². The SMILES string of the molecule is CNCCc1c(F)ccc(Cl)c1Br. The Balaban J connectivity index is 2.96. The molecule has 0 amide bonds. The molecule has 72 valence electrons. The van der Waals surface area contributed by atoms with Gasteiger partial charge in [0.05, 0.1) is 5.02 Å². The predicted molar refractivity (Wildman–Crippen MR) is 56.7 cm³/mol. The first kappa shape index (κ1) is 11.0. The van der Waals surface area contributed by atoms with Crippen molar-refractivity contribution in [3.63, 3.8) is 0 Å². The summed E-state index contributed by atoms with van der Waals surface area (Å²) in [4.78, 5) is 0. The first-order valence-corrected chi connectivity index (χ1v) is 5.11. The summed E-state index contributed by atoms with van der Waals surface area (Å²) in [6.07, 6.45) is 0.628. The van der Waals surface area contributed by atoms with Gasteiger partial charge in [-0.05, 0) is 48.1 Å². The highest BCUT2D eigenvalue weighted by Crippen LogP contribution is 2.28. The molecule has 0 saturated carbocycles. The van der Waals surface area contributed by atoms with Crippen LogP contribution in [0.15, 0.2) is 16.6 Å². The first-order chi connectivity index (χ1) is 6.16. The lowest BCUT2D eigenvalue weighted by Gasteiger charge is -2.06. The third kappa shape index (κ3) is 2.66. The Morgan fingerprint density at radius 3 is 2.85 bits per heavy atom. The van der Waals surface area contributed by atoms with Crippen molar-refractivity contribution in [2.45, 2.75) is 6.42 Å². The molecule has 0 aliphatic heterocycles. The molecule has 13 heavy (non-hydrogen) atoms. The van der Waals surface area contributed by atoms with Crippen LogP contribution < -0.4 is 5.32 Å². The molecule has 1 aromatic carbocycles. The van der Waals surface area contributed by atoms with Gasteiger partial charge in [-0.3, -0.25) is 0 Å². The molecule has 1 nitrogen and oxygen atoms in total. The molecule has 1 aromatic rings. The lowest BCUT2D eigenvalue weighted by molar-refractivity contribution is 0.603. The number of nitrogens with one attached hydrogen (secondary N) is 1. The molecule has 0 aliphatic carbocycles. The second-order valence-electron chi connectivity index (χ2n) is 2.68. The topological polar surface area (TPSA) is 12.0 Å². The molecule has 1 rings (SSSR count). The maximum absolute atomic E-state index is 13.2. The maximum atomic E-state index is 13.2. The van der Waals surface area contributed by atoms with Gasteiger partial charge in [-0.1, -0.05) is 11.6 Å². The highest BCUT2D eigenvalue weighted by molar-refractivity contribution is 9.10. The fraction of sp³-hybridized carbons (Fsp3) is 0.333. The van der Waals surface area contributed by atoms with Gasteiger partial charge >= 0.3 is 0 Å². The number of hydrogen-bond donors (Lipinski definition) is 1. The summed E-state index contributed by atoms with van der Waals surface area (Å²) in [7, 11) is 1.83. The van der Waals surface area contributed by atoms with E-state index in [1.54, 1.807) is 6.07 Å². The van der Waals surface area contributed by atoms with E-state index in [4.69, 9.17) is 11.6 Å². The Labute approximate surface area is 90.4 Å². The van der Waals surface area contributed by atoms with Gasteiger partial charge in [0.1, 0.15) is 5.82 Å². The summed E-state index contributed by atoms with van der Waals surface area (Å²) in [5.74, 6) is -0.216. The Kier molecular flexibility index (Phi) is 4.16. The zero-order valence-corrected chi connectivity index (χ0v) is 9.54. The van der Waals surface area contributed by atoms with Crippen LogP contribution in [0.4, 0.5) is 4.39 Å². The van der Waals surface area contributed by atoms with Crippen LogP contribution in [-0.4, -0.2) is 13.6 Å². The Bertz CT molecular complexity index is 304. The number of likely N-dealkylation sites (N-methyl/N-ethyl adjacent to an activating group) is 1. The van der Waals surface area contributed by atoms with E-state index < -0.39 is 0 Å². The second-order valence-corrected chi connectivity index (χ2v) is 3.88. The molecular weight excluding hydrogens is 256 g/mol. The number of rotatable bonds is 3. The van der Waals surface area contributed by atoms with Gasteiger partial charge in [0.15, 0.2) is 0 Å². The molecule has 0 saturated heterocycles. The standard InChI is InChI=1S/C9H10BrClFN/c1-13-5-4-6-8(12)3-2-7(11)9(6)10/h2-3,13H,4-5H2,1H3. The molecule has 1 N–H and O–H groups in total. The predicted octanol–water partition coefficient (Wildman–Crippen LogP) is 3.00. The van der Waals surface area contributed by atoms with Crippen molar-refractivity contribution in [3.05, 3.63) is 33.0 Å². The minimum absolute atomic E-state index is 0.216. The first-order valence-electron chi connectivity index (χ1n) is 3.93. The third-order valence-electron chi connectivity index (χ3n) is 1.76. The van der Waals surface area contributed by atoms with E-state index in [0.717, 1.165) is 6.54 Å². The minimum Gasteiger partial charge on any atom is -0.319 e. The fourth-order valence-corrected chi connectivity index (χ4v) is 1.75. The number of hydrogen-bond acceptors (Lipinski definition) is 1. The van der Waals surface area contributed by atoms with Crippen LogP contribution in [0, 0.1) is 5.82 Å². The van der Waals surface area contributed by atoms with E-state index >= 15 is 0 Å². The highest BCUT2D eigenvalue weighted by Gasteiger charge is 2.09. The van der Waals surface area contributed by atoms with Crippen molar-refractivity contribution in [2.75, 3.05) is 13.6 Å². The lowest BCUT2D eigenvalue weighted by Crippen LogP contribution is -2.11. The van der Waals surface area contributed by atoms with Gasteiger partial charge in [0.25, 0.3) is 0 Å². The molecule has 0 atom stereocenters. The quantitative estimate of drug-likeness (QED) is 0.829. The zero-order valence-electron chi connectivity index (χ0n) is 7.20. The van der Waals surface area contributed by atoms with Crippen molar-refractivity contribution >= 4 is 27.5 Å². The van der Waals surface area contributed by atoms with E-state index in [1.807, 2.05) is 7.05 Å². The van der Waals surface area contributed by atoms with Crippen molar-refractivity contribution < 1.29 is 4.39 Å². The molecule has 0 unspecified atom stereocenters. The second kappa shape index (κ2) is 4.94. The van der Waals surface area contributed by atoms with E-state index in [-0.39, 0.29) is 5.82 Å². The van der Waals surface area contributed by atoms with Gasteiger partial charge in [-0.15, -0.1) is 0 Å². The van der Waals surface area contributed by atoms with Gasteiger partial charge in [0.2, 0.25) is 0 Å². The van der Waals surface area contributed by atoms with Crippen molar-refractivity contribution in [1.82, 2.24) is 5.32 Å². The van der Waals surface area contributed by atoms with Gasteiger partial charge in [0, 0.05) is 10.0 Å². The molecule has 0 fully saturated rings. The smallest absolute Gasteiger partial charge is 0.127 e. The molecule has 0 aliphatic rings. The van der Waals surface area contributed by atoms with Crippen LogP contribution in [-0.2, 0) is 6.42 Å². The fourth-order valence-electron chi connectivity index (χ4n) is 1.05. The summed E-state index contributed by atoms with van der Waals surface area (Å²) >= 11 is 9.09. The van der Waals surface area contributed by atoms with E-state index in [2.05, 4.69) is 21.2 Å². The molecule has 0 spiro atoms. The molecule has 0 radical (unpaired) electrons. The molecule has 4 heteroatoms. The zero-order chi connectivity index (χ0) is 9.84. The Morgan fingerprint density at radius 2 is 2.23 bits per heavy atom. The summed E-state index contributed by atoms with van der Waals surface area (Å²) in [5.41, 5.74) is 0.627. The molecule has 0 bridgehead atoms. The maximum Gasteiger partial charge on any atom is 0.127 e. The van der Waals surface area contributed by atoms with Gasteiger partial charge in [-0.2, -0.15) is 0 Å². The summed E-state index contributed by atoms with van der Waals surface area (Å²) < 4.78 is 13.9. The average molecular weight is 267 g/mol. The largest absolute Gasteiger partial charge is 0.319 e. The van der Waals surface area contributed by atoms with Gasteiger partial charge < -0.3 is 5.32 Å². The Morgan fingerprint density at radius 1 is 1.54 bits per heavy atom. The normalized spacial score (nSPS) is 10.5. The van der Waals surface area contributed by atoms with Crippen LogP contribution >= 0.6 is 27.5 Å². The summed E-state index contributed by atoms with van der Waals surface area (Å²) in [5, 5.41) is 3.51. The van der Waals surface area contributed by atoms with Crippen LogP contribution in [0.1, 0.15) is 5.56 Å². The van der Waals surface area contributed by atoms with Crippen LogP contribution in [0.3, 0.4) is 0 Å². The Hall–Kier alpha value is -0.120. The van der Waals surface area contributed by atoms with Crippen LogP contribution in [0.25, 0.3) is 0 Å². The molecule has 0 aromatic heterocycles. The highest BCUT2D eigenvalue weighted by atomic mass is 79.9. The molecule has 0 heterocycles. The molecular formula is C9H10BrClFN. The van der Waals surface area contributed by atoms with E-state index in [0.29, 0.717) is 21.5 Å². The van der Waals surface area contributed by atoms with Crippen LogP contribution in [0.2, 0.25) is 5.02 Å². The summed E-state index contributed by atoms with van der Waals surface area (Å²) in [6, 6.07) is 2.93. The van der Waals surface area contributed by atoms with Crippen molar-refractivity contribution in [1.29, 1.82) is 0 Å². The van der Waals surface area contributed by atoms with Crippen LogP contribution in [0.5, 0.6) is 0 Å². The number of halogens is 3. The summed E-state index contributed by atoms with van der Waals surface area (Å²) in [6.45, 7) is 0.732. The van der Waals surface area contributed by atoms with Crippen molar-refractivity contribution in [2.24, 2.45) is 0 Å². The average Bonchev–Trinajstić information content (AvgIpc) is 2.12.